The Bertz CT molecular complexity index is 471. The Balaban J connectivity index is 5.04. The summed E-state index contributed by atoms with van der Waals surface area (Å²) in [5.41, 5.74) is 0. The van der Waals surface area contributed by atoms with E-state index in [-0.39, 0.29) is 12.5 Å². The molecule has 0 aliphatic rings. The third-order valence-electron chi connectivity index (χ3n) is 3.19. The summed E-state index contributed by atoms with van der Waals surface area (Å²) < 4.78 is 132. The highest BCUT2D eigenvalue weighted by molar-refractivity contribution is 6.60. The number of hydrogen-bond donors (Lipinski definition) is 0. The molecule has 0 aliphatic carbocycles. The average Bonchev–Trinajstić information content (AvgIpc) is 2.54. The van der Waals surface area contributed by atoms with Gasteiger partial charge >= 0.3 is 38.7 Å². The van der Waals surface area contributed by atoms with Crippen molar-refractivity contribution >= 4 is 14.8 Å². The maximum Gasteiger partial charge on any atom is 0.500 e. The summed E-state index contributed by atoms with van der Waals surface area (Å²) in [5.74, 6) is -23.9. The van der Waals surface area contributed by atoms with Crippen LogP contribution in [0.25, 0.3) is 0 Å². The summed E-state index contributed by atoms with van der Waals surface area (Å²) in [6, 6.07) is -0.148. The van der Waals surface area contributed by atoms with E-state index in [1.807, 2.05) is 0 Å². The second-order valence-corrected chi connectivity index (χ2v) is 7.85. The average molecular weight is 426 g/mol. The van der Waals surface area contributed by atoms with Gasteiger partial charge in [0, 0.05) is 27.4 Å². The van der Waals surface area contributed by atoms with Crippen molar-refractivity contribution in [3.8, 4) is 0 Å². The fourth-order valence-corrected chi connectivity index (χ4v) is 3.29. The lowest BCUT2D eigenvalue weighted by Gasteiger charge is -2.32. The number of ether oxygens (including phenoxy) is 1. The normalized spacial score (nSPS) is 14.5. The minimum atomic E-state index is -7.16. The quantitative estimate of drug-likeness (QED) is 0.232. The number of hydrogen-bond acceptors (Lipinski definition) is 5. The third kappa shape index (κ3) is 4.61. The lowest BCUT2D eigenvalue weighted by Crippen LogP contribution is -2.63. The van der Waals surface area contributed by atoms with E-state index >= 15 is 0 Å². The molecule has 0 atom stereocenters. The van der Waals surface area contributed by atoms with Gasteiger partial charge in [0.05, 0.1) is 6.61 Å². The molecule has 0 bridgehead atoms. The van der Waals surface area contributed by atoms with Gasteiger partial charge in [0.2, 0.25) is 0 Å². The van der Waals surface area contributed by atoms with Crippen LogP contribution in [0.15, 0.2) is 0 Å². The van der Waals surface area contributed by atoms with Crippen molar-refractivity contribution in [1.29, 1.82) is 0 Å². The maximum absolute atomic E-state index is 13.2. The molecule has 0 unspecified atom stereocenters. The van der Waals surface area contributed by atoms with Gasteiger partial charge in [0.15, 0.2) is 0 Å². The molecule has 26 heavy (non-hydrogen) atoms. The maximum atomic E-state index is 13.2. The highest BCUT2D eigenvalue weighted by Crippen LogP contribution is 2.53. The standard InChI is InChI=1S/C11H15F9O5Si/c1-22-26(23-2,24-3)6-4-5-25-7(21)8(12,13)9(14,15)10(16,17)11(18,19)20/h4-6H2,1-3H3. The Morgan fingerprint density at radius 1 is 0.808 bits per heavy atom. The van der Waals surface area contributed by atoms with Crippen molar-refractivity contribution in [2.75, 3.05) is 27.9 Å². The smallest absolute Gasteiger partial charge is 0.461 e. The number of alkyl halides is 9. The summed E-state index contributed by atoms with van der Waals surface area (Å²) in [6.45, 7) is -1.01. The molecule has 0 aromatic carbocycles. The summed E-state index contributed by atoms with van der Waals surface area (Å²) in [7, 11) is 0.317. The van der Waals surface area contributed by atoms with Crippen LogP contribution in [0.3, 0.4) is 0 Å². The summed E-state index contributed by atoms with van der Waals surface area (Å²) in [5, 5.41) is 0. The van der Waals surface area contributed by atoms with Gasteiger partial charge in [-0.15, -0.1) is 0 Å². The highest BCUT2D eigenvalue weighted by Gasteiger charge is 2.84. The molecule has 0 aliphatic heterocycles. The topological polar surface area (TPSA) is 54.0 Å². The van der Waals surface area contributed by atoms with Crippen LogP contribution < -0.4 is 0 Å². The Hall–Kier alpha value is -1.06. The van der Waals surface area contributed by atoms with Crippen molar-refractivity contribution in [3.05, 3.63) is 0 Å². The van der Waals surface area contributed by atoms with E-state index in [0.717, 1.165) is 0 Å². The van der Waals surface area contributed by atoms with Gasteiger partial charge in [-0.1, -0.05) is 0 Å². The van der Waals surface area contributed by atoms with E-state index in [4.69, 9.17) is 13.3 Å². The van der Waals surface area contributed by atoms with Crippen LogP contribution in [0.2, 0.25) is 6.04 Å². The molecule has 0 N–H and O–H groups in total. The van der Waals surface area contributed by atoms with Gasteiger partial charge in [-0.3, -0.25) is 0 Å². The molecule has 0 spiro atoms. The molecule has 0 amide bonds. The third-order valence-corrected chi connectivity index (χ3v) is 6.03. The largest absolute Gasteiger partial charge is 0.500 e. The zero-order valence-electron chi connectivity index (χ0n) is 13.6. The molecule has 0 heterocycles. The molecular weight excluding hydrogens is 411 g/mol. The summed E-state index contributed by atoms with van der Waals surface area (Å²) in [4.78, 5) is 11.0. The SMILES string of the molecule is CO[Si](CCCOC(=O)C(F)(F)C(F)(F)C(F)(F)C(F)(F)F)(OC)OC. The van der Waals surface area contributed by atoms with Crippen LogP contribution in [0.1, 0.15) is 6.42 Å². The van der Waals surface area contributed by atoms with E-state index < -0.39 is 45.3 Å². The monoisotopic (exact) mass is 426 g/mol. The van der Waals surface area contributed by atoms with Gasteiger partial charge in [-0.2, -0.15) is 39.5 Å². The van der Waals surface area contributed by atoms with Crippen molar-refractivity contribution in [1.82, 2.24) is 0 Å². The van der Waals surface area contributed by atoms with Crippen LogP contribution in [0.5, 0.6) is 0 Å². The summed E-state index contributed by atoms with van der Waals surface area (Å²) >= 11 is 0. The molecule has 5 nitrogen and oxygen atoms in total. The second kappa shape index (κ2) is 8.31. The number of esters is 1. The molecule has 0 saturated heterocycles. The van der Waals surface area contributed by atoms with Gasteiger partial charge in [0.1, 0.15) is 0 Å². The molecule has 0 saturated carbocycles. The first-order valence-electron chi connectivity index (χ1n) is 6.59. The van der Waals surface area contributed by atoms with Gasteiger partial charge in [-0.05, 0) is 6.42 Å². The fraction of sp³-hybridized carbons (Fsp3) is 0.909. The first-order valence-corrected chi connectivity index (χ1v) is 8.52. The molecule has 156 valence electrons. The van der Waals surface area contributed by atoms with Crippen LogP contribution in [0, 0.1) is 0 Å². The molecule has 0 rings (SSSR count). The fourth-order valence-electron chi connectivity index (χ4n) is 1.60. The Morgan fingerprint density at radius 2 is 1.23 bits per heavy atom. The van der Waals surface area contributed by atoms with E-state index in [9.17, 15) is 44.3 Å². The molecule has 0 aromatic heterocycles. The number of rotatable bonds is 10. The highest BCUT2D eigenvalue weighted by atomic mass is 28.4. The number of carbonyl (C=O) groups excluding carboxylic acids is 1. The van der Waals surface area contributed by atoms with Crippen LogP contribution in [-0.4, -0.2) is 66.7 Å². The van der Waals surface area contributed by atoms with Crippen molar-refractivity contribution in [2.45, 2.75) is 36.4 Å². The molecule has 15 heteroatoms. The van der Waals surface area contributed by atoms with E-state index in [0.29, 0.717) is 0 Å². The Kier molecular flexibility index (Phi) is 7.97. The van der Waals surface area contributed by atoms with E-state index in [1.165, 1.54) is 21.3 Å². The Labute approximate surface area is 142 Å². The molecule has 0 fully saturated rings. The number of carbonyl (C=O) groups is 1. The predicted octanol–water partition coefficient (Wildman–Crippen LogP) is 3.27. The molecular formula is C11H15F9O5Si. The molecule has 0 radical (unpaired) electrons. The Morgan fingerprint density at radius 3 is 1.58 bits per heavy atom. The van der Waals surface area contributed by atoms with Gasteiger partial charge in [-0.25, -0.2) is 4.79 Å². The predicted molar refractivity (Wildman–Crippen MR) is 68.1 cm³/mol. The minimum absolute atomic E-state index is 0.148. The van der Waals surface area contributed by atoms with Crippen molar-refractivity contribution in [3.63, 3.8) is 0 Å². The lowest BCUT2D eigenvalue weighted by atomic mass is 10.0. The van der Waals surface area contributed by atoms with E-state index in [2.05, 4.69) is 4.74 Å². The second-order valence-electron chi connectivity index (χ2n) is 4.76. The summed E-state index contributed by atoms with van der Waals surface area (Å²) in [6.07, 6.45) is -7.36. The first kappa shape index (κ1) is 24.9. The lowest BCUT2D eigenvalue weighted by molar-refractivity contribution is -0.390. The molecule has 0 aromatic rings. The van der Waals surface area contributed by atoms with E-state index in [1.54, 1.807) is 0 Å². The first-order chi connectivity index (χ1) is 11.6. The van der Waals surface area contributed by atoms with Gasteiger partial charge in [0.25, 0.3) is 0 Å². The zero-order valence-corrected chi connectivity index (χ0v) is 14.6. The zero-order chi connectivity index (χ0) is 21.0. The van der Waals surface area contributed by atoms with Crippen molar-refractivity contribution in [2.24, 2.45) is 0 Å². The van der Waals surface area contributed by atoms with Gasteiger partial charge < -0.3 is 18.0 Å². The van der Waals surface area contributed by atoms with Crippen molar-refractivity contribution < 1.29 is 62.3 Å². The number of halogens is 9. The minimum Gasteiger partial charge on any atom is -0.461 e. The van der Waals surface area contributed by atoms with Crippen LogP contribution in [0.4, 0.5) is 39.5 Å². The van der Waals surface area contributed by atoms with Crippen LogP contribution >= 0.6 is 0 Å². The van der Waals surface area contributed by atoms with Crippen LogP contribution in [-0.2, 0) is 22.8 Å².